The zero-order valence-corrected chi connectivity index (χ0v) is 19.0. The molecule has 26 heavy (non-hydrogen) atoms. The Hall–Kier alpha value is -0.930. The number of thiophene rings is 1. The van der Waals surface area contributed by atoms with E-state index >= 15 is 0 Å². The van der Waals surface area contributed by atoms with Gasteiger partial charge in [0.15, 0.2) is 5.11 Å². The van der Waals surface area contributed by atoms with Gasteiger partial charge in [-0.1, -0.05) is 29.3 Å². The average molecular weight is 535 g/mol. The van der Waals surface area contributed by atoms with Crippen LogP contribution in [0.2, 0.25) is 10.0 Å². The molecule has 0 unspecified atom stereocenters. The van der Waals surface area contributed by atoms with Crippen LogP contribution < -0.4 is 10.6 Å². The molecule has 0 atom stereocenters. The molecule has 1 heterocycles. The second-order valence-electron chi connectivity index (χ2n) is 5.71. The van der Waals surface area contributed by atoms with Crippen molar-refractivity contribution in [1.29, 1.82) is 0 Å². The Labute approximate surface area is 184 Å². The summed E-state index contributed by atoms with van der Waals surface area (Å²) < 4.78 is 2.03. The first-order valence-electron chi connectivity index (χ1n) is 7.53. The quantitative estimate of drug-likeness (QED) is 0.289. The Morgan fingerprint density at radius 1 is 1.15 bits per heavy atom. The number of nitrogens with one attached hydrogen (secondary N) is 2. The fraction of sp³-hybridized carbons (Fsp3) is 0.111. The number of benzene rings is 2. The van der Waals surface area contributed by atoms with Gasteiger partial charge in [0.05, 0.1) is 5.02 Å². The van der Waals surface area contributed by atoms with Gasteiger partial charge in [0.2, 0.25) is 0 Å². The zero-order valence-electron chi connectivity index (χ0n) is 13.7. The third-order valence-corrected chi connectivity index (χ3v) is 7.04. The minimum Gasteiger partial charge on any atom is -0.332 e. The van der Waals surface area contributed by atoms with Gasteiger partial charge in [-0.15, -0.1) is 11.3 Å². The van der Waals surface area contributed by atoms with Crippen molar-refractivity contribution in [2.75, 3.05) is 5.32 Å². The van der Waals surface area contributed by atoms with Crippen LogP contribution in [0.3, 0.4) is 0 Å². The molecule has 0 spiro atoms. The average Bonchev–Trinajstić information content (AvgIpc) is 2.88. The first-order chi connectivity index (χ1) is 12.3. The van der Waals surface area contributed by atoms with E-state index in [0.29, 0.717) is 14.9 Å². The summed E-state index contributed by atoms with van der Waals surface area (Å²) in [5.41, 5.74) is 3.05. The lowest BCUT2D eigenvalue weighted by atomic mass is 10.1. The number of fused-ring (bicyclic) bond motifs is 1. The minimum absolute atomic E-state index is 0.227. The molecule has 0 aliphatic carbocycles. The van der Waals surface area contributed by atoms with E-state index in [1.165, 1.54) is 14.9 Å². The number of carbonyl (C=O) groups is 1. The van der Waals surface area contributed by atoms with Crippen LogP contribution in [0.5, 0.6) is 0 Å². The summed E-state index contributed by atoms with van der Waals surface area (Å²) in [6.45, 7) is 4.01. The van der Waals surface area contributed by atoms with Gasteiger partial charge in [0.25, 0.3) is 5.91 Å². The molecule has 134 valence electrons. The van der Waals surface area contributed by atoms with Crippen LogP contribution in [0, 0.1) is 17.4 Å². The Morgan fingerprint density at radius 2 is 1.88 bits per heavy atom. The van der Waals surface area contributed by atoms with Gasteiger partial charge in [-0.05, 0) is 84.0 Å². The van der Waals surface area contributed by atoms with Crippen LogP contribution >= 0.6 is 69.3 Å². The van der Waals surface area contributed by atoms with E-state index < -0.39 is 0 Å². The lowest BCUT2D eigenvalue weighted by molar-refractivity contribution is 0.0982. The minimum atomic E-state index is -0.343. The van der Waals surface area contributed by atoms with Gasteiger partial charge in [-0.3, -0.25) is 10.1 Å². The van der Waals surface area contributed by atoms with Gasteiger partial charge < -0.3 is 5.32 Å². The largest absolute Gasteiger partial charge is 0.332 e. The van der Waals surface area contributed by atoms with E-state index in [9.17, 15) is 4.79 Å². The maximum Gasteiger partial charge on any atom is 0.269 e. The molecule has 3 rings (SSSR count). The van der Waals surface area contributed by atoms with E-state index in [1.807, 2.05) is 26.0 Å². The van der Waals surface area contributed by atoms with Crippen molar-refractivity contribution in [3.05, 3.63) is 60.0 Å². The molecule has 3 nitrogen and oxygen atoms in total. The summed E-state index contributed by atoms with van der Waals surface area (Å²) in [7, 11) is 0. The third kappa shape index (κ3) is 4.14. The number of thiocarbonyl (C=S) groups is 1. The van der Waals surface area contributed by atoms with E-state index in [2.05, 4.69) is 39.3 Å². The maximum absolute atomic E-state index is 12.6. The SMILES string of the molecule is Cc1cc(NC(=S)NC(=O)c2sc3cc(Cl)ccc3c2Cl)c(C)cc1I. The van der Waals surface area contributed by atoms with Crippen LogP contribution in [0.25, 0.3) is 10.1 Å². The first-order valence-corrected chi connectivity index (χ1v) is 10.6. The van der Waals surface area contributed by atoms with E-state index in [0.717, 1.165) is 26.9 Å². The second kappa shape index (κ2) is 7.98. The molecule has 1 amide bonds. The summed E-state index contributed by atoms with van der Waals surface area (Å²) in [6, 6.07) is 9.41. The molecule has 0 saturated carbocycles. The highest BCUT2D eigenvalue weighted by Crippen LogP contribution is 2.36. The molecule has 0 bridgehead atoms. The molecule has 2 aromatic carbocycles. The predicted molar refractivity (Wildman–Crippen MR) is 124 cm³/mol. The molecule has 1 aromatic heterocycles. The standard InChI is InChI=1S/C18H13Cl2IN2OS2/c1-8-6-13(9(2)5-12(8)21)22-18(25)23-17(24)16-15(20)11-4-3-10(19)7-14(11)26-16/h3-7H,1-2H3,(H2,22,23,24,25). The summed E-state index contributed by atoms with van der Waals surface area (Å²) >= 11 is 21.2. The molecule has 2 N–H and O–H groups in total. The lowest BCUT2D eigenvalue weighted by Crippen LogP contribution is -2.34. The number of rotatable bonds is 2. The predicted octanol–water partition coefficient (Wildman–Crippen LogP) is 6.56. The number of halogens is 3. The maximum atomic E-state index is 12.6. The number of carbonyl (C=O) groups excluding carboxylic acids is 1. The number of hydrogen-bond donors (Lipinski definition) is 2. The molecule has 0 aliphatic rings. The molecule has 3 aromatic rings. The van der Waals surface area contributed by atoms with Crippen LogP contribution in [0.1, 0.15) is 20.8 Å². The lowest BCUT2D eigenvalue weighted by Gasteiger charge is -2.13. The second-order valence-corrected chi connectivity index (χ2v) is 9.15. The monoisotopic (exact) mass is 534 g/mol. The fourth-order valence-electron chi connectivity index (χ4n) is 2.41. The number of anilines is 1. The van der Waals surface area contributed by atoms with Crippen molar-refractivity contribution in [1.82, 2.24) is 5.32 Å². The van der Waals surface area contributed by atoms with Crippen LogP contribution in [0.4, 0.5) is 5.69 Å². The number of aryl methyl sites for hydroxylation is 2. The van der Waals surface area contributed by atoms with E-state index in [4.69, 9.17) is 35.4 Å². The molecular formula is C18H13Cl2IN2OS2. The third-order valence-electron chi connectivity index (χ3n) is 3.78. The first kappa shape index (κ1) is 19.8. The van der Waals surface area contributed by atoms with Gasteiger partial charge in [0, 0.05) is 24.4 Å². The highest BCUT2D eigenvalue weighted by molar-refractivity contribution is 14.1. The van der Waals surface area contributed by atoms with Gasteiger partial charge in [-0.2, -0.15) is 0 Å². The van der Waals surface area contributed by atoms with Crippen LogP contribution in [-0.2, 0) is 0 Å². The molecule has 0 saturated heterocycles. The van der Waals surface area contributed by atoms with Crippen molar-refractivity contribution >= 4 is 96.1 Å². The zero-order chi connectivity index (χ0) is 19.0. The number of amides is 1. The Kier molecular flexibility index (Phi) is 6.08. The molecule has 0 radical (unpaired) electrons. The smallest absolute Gasteiger partial charge is 0.269 e. The number of hydrogen-bond acceptors (Lipinski definition) is 3. The van der Waals surface area contributed by atoms with Crippen molar-refractivity contribution in [3.63, 3.8) is 0 Å². The van der Waals surface area contributed by atoms with Gasteiger partial charge in [0.1, 0.15) is 4.88 Å². The normalized spacial score (nSPS) is 10.8. The van der Waals surface area contributed by atoms with Crippen LogP contribution in [-0.4, -0.2) is 11.0 Å². The Morgan fingerprint density at radius 3 is 2.62 bits per heavy atom. The summed E-state index contributed by atoms with van der Waals surface area (Å²) in [5, 5.41) is 7.81. The van der Waals surface area contributed by atoms with E-state index in [1.54, 1.807) is 12.1 Å². The van der Waals surface area contributed by atoms with Crippen molar-refractivity contribution < 1.29 is 4.79 Å². The molecular weight excluding hydrogens is 522 g/mol. The fourth-order valence-corrected chi connectivity index (χ4v) is 4.93. The molecule has 8 heteroatoms. The molecule has 0 aliphatic heterocycles. The topological polar surface area (TPSA) is 41.1 Å². The van der Waals surface area contributed by atoms with Gasteiger partial charge in [-0.25, -0.2) is 0 Å². The summed E-state index contributed by atoms with van der Waals surface area (Å²) in [6.07, 6.45) is 0. The van der Waals surface area contributed by atoms with Crippen molar-refractivity contribution in [3.8, 4) is 0 Å². The summed E-state index contributed by atoms with van der Waals surface area (Å²) in [5.74, 6) is -0.343. The van der Waals surface area contributed by atoms with Crippen molar-refractivity contribution in [2.24, 2.45) is 0 Å². The van der Waals surface area contributed by atoms with E-state index in [-0.39, 0.29) is 11.0 Å². The Balaban J connectivity index is 1.79. The highest BCUT2D eigenvalue weighted by atomic mass is 127. The molecule has 0 fully saturated rings. The highest BCUT2D eigenvalue weighted by Gasteiger charge is 2.18. The summed E-state index contributed by atoms with van der Waals surface area (Å²) in [4.78, 5) is 13.0. The Bertz CT molecular complexity index is 1050. The van der Waals surface area contributed by atoms with Crippen molar-refractivity contribution in [2.45, 2.75) is 13.8 Å². The van der Waals surface area contributed by atoms with Crippen LogP contribution in [0.15, 0.2) is 30.3 Å². The van der Waals surface area contributed by atoms with Gasteiger partial charge >= 0.3 is 0 Å².